The lowest BCUT2D eigenvalue weighted by Crippen LogP contribution is -2.52. The van der Waals surface area contributed by atoms with Crippen LogP contribution in [0.2, 0.25) is 0 Å². The highest BCUT2D eigenvalue weighted by Gasteiger charge is 2.33. The smallest absolute Gasteiger partial charge is 0.173 e. The van der Waals surface area contributed by atoms with Gasteiger partial charge in [0.25, 0.3) is 0 Å². The summed E-state index contributed by atoms with van der Waals surface area (Å²) in [6, 6.07) is 9.19. The van der Waals surface area contributed by atoms with Crippen LogP contribution in [-0.2, 0) is 11.3 Å². The summed E-state index contributed by atoms with van der Waals surface area (Å²) in [4.78, 5) is 5.27. The number of rotatable bonds is 7. The van der Waals surface area contributed by atoms with Gasteiger partial charge in [-0.1, -0.05) is 31.4 Å². The lowest BCUT2D eigenvalue weighted by Gasteiger charge is -2.43. The van der Waals surface area contributed by atoms with E-state index in [1.807, 2.05) is 16.8 Å². The van der Waals surface area contributed by atoms with Gasteiger partial charge in [0.05, 0.1) is 25.8 Å². The average molecular weight is 441 g/mol. The third-order valence-corrected chi connectivity index (χ3v) is 7.44. The minimum Gasteiger partial charge on any atom is -0.497 e. The molecule has 2 aliphatic heterocycles. The maximum absolute atomic E-state index is 5.87. The Labute approximate surface area is 190 Å². The van der Waals surface area contributed by atoms with Crippen LogP contribution in [-0.4, -0.2) is 82.0 Å². The Bertz CT molecular complexity index is 836. The van der Waals surface area contributed by atoms with Crippen molar-refractivity contribution in [2.75, 3.05) is 39.9 Å². The molecule has 1 saturated carbocycles. The van der Waals surface area contributed by atoms with Crippen molar-refractivity contribution in [3.05, 3.63) is 35.7 Å². The van der Waals surface area contributed by atoms with Crippen molar-refractivity contribution >= 4 is 0 Å². The molecule has 1 aliphatic carbocycles. The third-order valence-electron chi connectivity index (χ3n) is 7.44. The third kappa shape index (κ3) is 4.82. The first kappa shape index (κ1) is 21.8. The molecule has 1 aromatic heterocycles. The van der Waals surface area contributed by atoms with Gasteiger partial charge in [0, 0.05) is 38.8 Å². The topological polar surface area (TPSA) is 68.5 Å². The van der Waals surface area contributed by atoms with Crippen molar-refractivity contribution in [3.63, 3.8) is 0 Å². The molecule has 0 amide bonds. The zero-order valence-electron chi connectivity index (χ0n) is 19.2. The molecule has 2 saturated heterocycles. The van der Waals surface area contributed by atoms with Crippen LogP contribution in [0.5, 0.6) is 5.75 Å². The van der Waals surface area contributed by atoms with E-state index in [4.69, 9.17) is 9.47 Å². The Balaban J connectivity index is 1.36. The van der Waals surface area contributed by atoms with E-state index in [0.29, 0.717) is 0 Å². The quantitative estimate of drug-likeness (QED) is 0.656. The van der Waals surface area contributed by atoms with Gasteiger partial charge in [0.1, 0.15) is 5.75 Å². The van der Waals surface area contributed by atoms with Crippen LogP contribution in [0, 0.1) is 0 Å². The molecule has 32 heavy (non-hydrogen) atoms. The molecule has 0 spiro atoms. The van der Waals surface area contributed by atoms with Gasteiger partial charge in [-0.05, 0) is 53.8 Å². The maximum Gasteiger partial charge on any atom is 0.173 e. The van der Waals surface area contributed by atoms with Crippen molar-refractivity contribution in [1.29, 1.82) is 0 Å². The van der Waals surface area contributed by atoms with Crippen molar-refractivity contribution in [1.82, 2.24) is 30.0 Å². The predicted octanol–water partition coefficient (Wildman–Crippen LogP) is 2.90. The van der Waals surface area contributed by atoms with Crippen molar-refractivity contribution in [3.8, 4) is 5.75 Å². The lowest BCUT2D eigenvalue weighted by atomic mass is 9.93. The van der Waals surface area contributed by atoms with E-state index >= 15 is 0 Å². The summed E-state index contributed by atoms with van der Waals surface area (Å²) < 4.78 is 13.2. The molecule has 3 fully saturated rings. The van der Waals surface area contributed by atoms with E-state index in [1.54, 1.807) is 7.11 Å². The summed E-state index contributed by atoms with van der Waals surface area (Å²) in [5.74, 6) is 1.78. The van der Waals surface area contributed by atoms with Gasteiger partial charge in [0.15, 0.2) is 5.82 Å². The summed E-state index contributed by atoms with van der Waals surface area (Å²) >= 11 is 0. The van der Waals surface area contributed by atoms with Gasteiger partial charge in [-0.15, -0.1) is 5.10 Å². The molecule has 174 valence electrons. The first-order valence-corrected chi connectivity index (χ1v) is 12.3. The van der Waals surface area contributed by atoms with Crippen LogP contribution in [0.25, 0.3) is 0 Å². The van der Waals surface area contributed by atoms with E-state index < -0.39 is 0 Å². The van der Waals surface area contributed by atoms with Gasteiger partial charge in [-0.25, -0.2) is 4.68 Å². The molecular weight excluding hydrogens is 404 g/mol. The summed E-state index contributed by atoms with van der Waals surface area (Å²) in [5.41, 5.74) is 1.21. The fourth-order valence-corrected chi connectivity index (χ4v) is 5.63. The number of hydrogen-bond donors (Lipinski definition) is 0. The van der Waals surface area contributed by atoms with E-state index in [0.717, 1.165) is 69.8 Å². The van der Waals surface area contributed by atoms with E-state index in [1.165, 1.54) is 37.7 Å². The van der Waals surface area contributed by atoms with Crippen LogP contribution in [0.15, 0.2) is 24.3 Å². The molecule has 8 heteroatoms. The summed E-state index contributed by atoms with van der Waals surface area (Å²) in [6.07, 6.45) is 9.30. The van der Waals surface area contributed by atoms with Gasteiger partial charge in [-0.3, -0.25) is 9.80 Å². The molecule has 1 aromatic carbocycles. The average Bonchev–Trinajstić information content (AvgIpc) is 3.54. The first-order chi connectivity index (χ1) is 15.8. The van der Waals surface area contributed by atoms with Crippen LogP contribution >= 0.6 is 0 Å². The number of benzene rings is 1. The molecule has 8 nitrogen and oxygen atoms in total. The second-order valence-corrected chi connectivity index (χ2v) is 9.39. The molecule has 3 aliphatic rings. The Hall–Kier alpha value is -2.03. The fraction of sp³-hybridized carbons (Fsp3) is 0.708. The van der Waals surface area contributed by atoms with Gasteiger partial charge in [-0.2, -0.15) is 0 Å². The number of methoxy groups -OCH3 is 1. The van der Waals surface area contributed by atoms with E-state index in [-0.39, 0.29) is 12.1 Å². The maximum atomic E-state index is 5.87. The Morgan fingerprint density at radius 3 is 2.47 bits per heavy atom. The van der Waals surface area contributed by atoms with Crippen molar-refractivity contribution in [2.24, 2.45) is 0 Å². The molecule has 2 aromatic rings. The number of aromatic nitrogens is 4. The number of piperazine rings is 1. The molecule has 2 atom stereocenters. The standard InChI is InChI=1S/C24H36N6O2/c1-31-21-11-9-19(10-12-21)23(24-25-26-27-30(24)18-22-8-5-17-32-22)29-15-13-28(14-16-29)20-6-3-2-4-7-20/h9-12,20,22-23H,2-8,13-18H2,1H3/t22-,23-/m0/s1. The highest BCUT2D eigenvalue weighted by atomic mass is 16.5. The second-order valence-electron chi connectivity index (χ2n) is 9.39. The Morgan fingerprint density at radius 1 is 1.00 bits per heavy atom. The molecule has 0 N–H and O–H groups in total. The van der Waals surface area contributed by atoms with Crippen LogP contribution in [0.3, 0.4) is 0 Å². The zero-order valence-corrected chi connectivity index (χ0v) is 19.2. The number of ether oxygens (including phenoxy) is 2. The van der Waals surface area contributed by atoms with Gasteiger partial charge < -0.3 is 9.47 Å². The molecule has 0 unspecified atom stereocenters. The minimum atomic E-state index is 0.0332. The number of nitrogens with zero attached hydrogens (tertiary/aromatic N) is 6. The number of tetrazole rings is 1. The molecule has 0 bridgehead atoms. The summed E-state index contributed by atoms with van der Waals surface area (Å²) in [5, 5.41) is 13.0. The van der Waals surface area contributed by atoms with E-state index in [2.05, 4.69) is 37.5 Å². The lowest BCUT2D eigenvalue weighted by molar-refractivity contribution is 0.0595. The normalized spacial score (nSPS) is 24.6. The largest absolute Gasteiger partial charge is 0.497 e. The summed E-state index contributed by atoms with van der Waals surface area (Å²) in [6.45, 7) is 5.85. The predicted molar refractivity (Wildman–Crippen MR) is 122 cm³/mol. The highest BCUT2D eigenvalue weighted by molar-refractivity contribution is 5.32. The Morgan fingerprint density at radius 2 is 1.78 bits per heavy atom. The Kier molecular flexibility index (Phi) is 7.00. The van der Waals surface area contributed by atoms with E-state index in [9.17, 15) is 0 Å². The molecular formula is C24H36N6O2. The monoisotopic (exact) mass is 440 g/mol. The first-order valence-electron chi connectivity index (χ1n) is 12.3. The molecule has 3 heterocycles. The minimum absolute atomic E-state index is 0.0332. The van der Waals surface area contributed by atoms with Crippen LogP contribution in [0.4, 0.5) is 0 Å². The van der Waals surface area contributed by atoms with Crippen molar-refractivity contribution in [2.45, 2.75) is 69.7 Å². The molecule has 5 rings (SSSR count). The highest BCUT2D eigenvalue weighted by Crippen LogP contribution is 2.31. The van der Waals surface area contributed by atoms with Crippen molar-refractivity contribution < 1.29 is 9.47 Å². The second kappa shape index (κ2) is 10.3. The fourth-order valence-electron chi connectivity index (χ4n) is 5.63. The van der Waals surface area contributed by atoms with Gasteiger partial charge in [0.2, 0.25) is 0 Å². The van der Waals surface area contributed by atoms with Gasteiger partial charge >= 0.3 is 0 Å². The van der Waals surface area contributed by atoms with Crippen LogP contribution in [0.1, 0.15) is 62.4 Å². The number of hydrogen-bond acceptors (Lipinski definition) is 7. The zero-order chi connectivity index (χ0) is 21.8. The van der Waals surface area contributed by atoms with Crippen LogP contribution < -0.4 is 4.74 Å². The summed E-state index contributed by atoms with van der Waals surface area (Å²) in [7, 11) is 1.71. The molecule has 0 radical (unpaired) electrons. The SMILES string of the molecule is COc1ccc([C@@H](c2nnnn2C[C@@H]2CCCO2)N2CCN(C3CCCCC3)CC2)cc1.